The van der Waals surface area contributed by atoms with Gasteiger partial charge in [0.1, 0.15) is 6.61 Å². The monoisotopic (exact) mass is 290 g/mol. The first-order chi connectivity index (χ1) is 10.3. The van der Waals surface area contributed by atoms with Gasteiger partial charge in [0.2, 0.25) is 0 Å². The lowest BCUT2D eigenvalue weighted by atomic mass is 10.2. The predicted molar refractivity (Wildman–Crippen MR) is 78.6 cm³/mol. The molecule has 112 valence electrons. The Morgan fingerprint density at radius 3 is 2.67 bits per heavy atom. The fraction of sp³-hybridized carbons (Fsp3) is 0.312. The molecule has 0 aliphatic rings. The molecule has 21 heavy (non-hydrogen) atoms. The number of ether oxygens (including phenoxy) is 2. The van der Waals surface area contributed by atoms with Gasteiger partial charge in [-0.2, -0.15) is 0 Å². The fourth-order valence-electron chi connectivity index (χ4n) is 1.82. The Bertz CT molecular complexity index is 549. The van der Waals surface area contributed by atoms with Crippen LogP contribution in [0.2, 0.25) is 0 Å². The molecule has 0 unspecified atom stereocenters. The van der Waals surface area contributed by atoms with E-state index in [1.54, 1.807) is 25.6 Å². The summed E-state index contributed by atoms with van der Waals surface area (Å²) in [4.78, 5) is 3.93. The molecule has 0 saturated heterocycles. The van der Waals surface area contributed by atoms with E-state index in [4.69, 9.17) is 9.47 Å². The van der Waals surface area contributed by atoms with E-state index < -0.39 is 0 Å². The van der Waals surface area contributed by atoms with Crippen molar-refractivity contribution in [3.05, 3.63) is 59.7 Å². The van der Waals surface area contributed by atoms with Crippen LogP contribution in [0.25, 0.3) is 0 Å². The molecule has 0 amide bonds. The number of hydrogen-bond donors (Lipinski definition) is 1. The minimum Gasteiger partial charge on any atom is -0.486 e. The van der Waals surface area contributed by atoms with Gasteiger partial charge in [-0.25, -0.2) is 4.39 Å². The number of nitrogens with one attached hydrogen (secondary N) is 1. The molecule has 0 atom stereocenters. The highest BCUT2D eigenvalue weighted by molar-refractivity contribution is 5.29. The Kier molecular flexibility index (Phi) is 6.12. The van der Waals surface area contributed by atoms with Crippen molar-refractivity contribution in [2.45, 2.75) is 13.2 Å². The van der Waals surface area contributed by atoms with Crippen LogP contribution in [0.4, 0.5) is 4.39 Å². The van der Waals surface area contributed by atoms with Gasteiger partial charge in [0.15, 0.2) is 11.6 Å². The van der Waals surface area contributed by atoms with E-state index in [1.165, 1.54) is 6.07 Å². The van der Waals surface area contributed by atoms with Gasteiger partial charge >= 0.3 is 0 Å². The minimum atomic E-state index is -0.352. The number of hydrogen-bond acceptors (Lipinski definition) is 4. The number of aromatic nitrogens is 1. The van der Waals surface area contributed by atoms with Crippen LogP contribution in [0.5, 0.6) is 5.75 Å². The van der Waals surface area contributed by atoms with Crippen LogP contribution in [0.1, 0.15) is 11.1 Å². The quantitative estimate of drug-likeness (QED) is 0.759. The first kappa shape index (κ1) is 15.4. The Labute approximate surface area is 123 Å². The van der Waals surface area contributed by atoms with E-state index in [0.717, 1.165) is 17.7 Å². The van der Waals surface area contributed by atoms with Gasteiger partial charge in [-0.3, -0.25) is 4.98 Å². The molecule has 5 heteroatoms. The summed E-state index contributed by atoms with van der Waals surface area (Å²) in [5.74, 6) is -0.0949. The summed E-state index contributed by atoms with van der Waals surface area (Å²) >= 11 is 0. The molecule has 0 fully saturated rings. The molecule has 2 rings (SSSR count). The van der Waals surface area contributed by atoms with E-state index in [-0.39, 0.29) is 11.6 Å². The molecule has 1 aromatic heterocycles. The summed E-state index contributed by atoms with van der Waals surface area (Å²) in [6, 6.07) is 8.67. The zero-order valence-electron chi connectivity index (χ0n) is 12.0. The van der Waals surface area contributed by atoms with Gasteiger partial charge in [-0.15, -0.1) is 0 Å². The zero-order valence-corrected chi connectivity index (χ0v) is 12.0. The molecule has 0 spiro atoms. The zero-order chi connectivity index (χ0) is 14.9. The third-order valence-electron chi connectivity index (χ3n) is 2.95. The Morgan fingerprint density at radius 2 is 1.95 bits per heavy atom. The summed E-state index contributed by atoms with van der Waals surface area (Å²) < 4.78 is 24.4. The van der Waals surface area contributed by atoms with Gasteiger partial charge in [0.05, 0.1) is 6.61 Å². The number of methoxy groups -OCH3 is 1. The van der Waals surface area contributed by atoms with Crippen LogP contribution in [0.3, 0.4) is 0 Å². The smallest absolute Gasteiger partial charge is 0.165 e. The third-order valence-corrected chi connectivity index (χ3v) is 2.95. The molecule has 1 heterocycles. The molecule has 0 aliphatic carbocycles. The van der Waals surface area contributed by atoms with Crippen LogP contribution < -0.4 is 10.1 Å². The Morgan fingerprint density at radius 1 is 1.14 bits per heavy atom. The fourth-order valence-corrected chi connectivity index (χ4v) is 1.82. The largest absolute Gasteiger partial charge is 0.486 e. The van der Waals surface area contributed by atoms with Gasteiger partial charge in [-0.05, 0) is 35.4 Å². The average Bonchev–Trinajstić information content (AvgIpc) is 2.52. The van der Waals surface area contributed by atoms with Crippen LogP contribution in [-0.2, 0) is 17.9 Å². The SMILES string of the molecule is COCCNCc1ccc(OCc2ccncc2)c(F)c1. The molecular weight excluding hydrogens is 271 g/mol. The number of pyridine rings is 1. The van der Waals surface area contributed by atoms with Crippen LogP contribution in [0, 0.1) is 5.82 Å². The second-order valence-corrected chi connectivity index (χ2v) is 4.58. The molecule has 1 N–H and O–H groups in total. The molecular formula is C16H19FN2O2. The van der Waals surface area contributed by atoms with Crippen molar-refractivity contribution in [1.29, 1.82) is 0 Å². The van der Waals surface area contributed by atoms with Crippen molar-refractivity contribution in [3.63, 3.8) is 0 Å². The van der Waals surface area contributed by atoms with E-state index in [2.05, 4.69) is 10.3 Å². The summed E-state index contributed by atoms with van der Waals surface area (Å²) in [6.45, 7) is 2.30. The van der Waals surface area contributed by atoms with Crippen molar-refractivity contribution < 1.29 is 13.9 Å². The van der Waals surface area contributed by atoms with E-state index >= 15 is 0 Å². The highest BCUT2D eigenvalue weighted by Crippen LogP contribution is 2.19. The highest BCUT2D eigenvalue weighted by Gasteiger charge is 2.05. The van der Waals surface area contributed by atoms with Gasteiger partial charge in [-0.1, -0.05) is 6.07 Å². The number of rotatable bonds is 8. The summed E-state index contributed by atoms with van der Waals surface area (Å²) in [5.41, 5.74) is 1.83. The third kappa shape index (κ3) is 5.13. The normalized spacial score (nSPS) is 10.6. The van der Waals surface area contributed by atoms with Crippen LogP contribution in [-0.4, -0.2) is 25.2 Å². The maximum Gasteiger partial charge on any atom is 0.165 e. The summed E-state index contributed by atoms with van der Waals surface area (Å²) in [7, 11) is 1.65. The van der Waals surface area contributed by atoms with Gasteiger partial charge in [0, 0.05) is 32.6 Å². The number of benzene rings is 1. The first-order valence-electron chi connectivity index (χ1n) is 6.79. The lowest BCUT2D eigenvalue weighted by molar-refractivity contribution is 0.199. The van der Waals surface area contributed by atoms with Crippen molar-refractivity contribution >= 4 is 0 Å². The van der Waals surface area contributed by atoms with Crippen molar-refractivity contribution in [3.8, 4) is 5.75 Å². The second-order valence-electron chi connectivity index (χ2n) is 4.58. The average molecular weight is 290 g/mol. The van der Waals surface area contributed by atoms with E-state index in [0.29, 0.717) is 19.8 Å². The number of halogens is 1. The van der Waals surface area contributed by atoms with Gasteiger partial charge < -0.3 is 14.8 Å². The first-order valence-corrected chi connectivity index (χ1v) is 6.79. The van der Waals surface area contributed by atoms with Crippen LogP contribution >= 0.6 is 0 Å². The van der Waals surface area contributed by atoms with Crippen molar-refractivity contribution in [1.82, 2.24) is 10.3 Å². The molecule has 2 aromatic rings. The predicted octanol–water partition coefficient (Wildman–Crippen LogP) is 2.54. The maximum atomic E-state index is 13.9. The highest BCUT2D eigenvalue weighted by atomic mass is 19.1. The van der Waals surface area contributed by atoms with E-state index in [1.807, 2.05) is 18.2 Å². The van der Waals surface area contributed by atoms with E-state index in [9.17, 15) is 4.39 Å². The second kappa shape index (κ2) is 8.34. The minimum absolute atomic E-state index is 0.257. The molecule has 0 aliphatic heterocycles. The van der Waals surface area contributed by atoms with Crippen molar-refractivity contribution in [2.75, 3.05) is 20.3 Å². The Balaban J connectivity index is 1.87. The lowest BCUT2D eigenvalue weighted by Gasteiger charge is -2.09. The molecule has 0 saturated carbocycles. The Hall–Kier alpha value is -1.98. The molecule has 1 aromatic carbocycles. The summed E-state index contributed by atoms with van der Waals surface area (Å²) in [5, 5.41) is 3.17. The molecule has 0 bridgehead atoms. The topological polar surface area (TPSA) is 43.4 Å². The van der Waals surface area contributed by atoms with Crippen LogP contribution in [0.15, 0.2) is 42.7 Å². The molecule has 4 nitrogen and oxygen atoms in total. The van der Waals surface area contributed by atoms with Crippen molar-refractivity contribution in [2.24, 2.45) is 0 Å². The van der Waals surface area contributed by atoms with Gasteiger partial charge in [0.25, 0.3) is 0 Å². The lowest BCUT2D eigenvalue weighted by Crippen LogP contribution is -2.18. The molecule has 0 radical (unpaired) electrons. The maximum absolute atomic E-state index is 13.9. The standard InChI is InChI=1S/C16H19FN2O2/c1-20-9-8-19-11-14-2-3-16(15(17)10-14)21-12-13-4-6-18-7-5-13/h2-7,10,19H,8-9,11-12H2,1H3. The number of nitrogens with zero attached hydrogens (tertiary/aromatic N) is 1. The summed E-state index contributed by atoms with van der Waals surface area (Å²) in [6.07, 6.45) is 3.37.